The summed E-state index contributed by atoms with van der Waals surface area (Å²) in [6.45, 7) is 7.23. The first kappa shape index (κ1) is 17.0. The van der Waals surface area contributed by atoms with Gasteiger partial charge in [-0.25, -0.2) is 9.59 Å². The third kappa shape index (κ3) is 3.74. The Labute approximate surface area is 124 Å². The zero-order chi connectivity index (χ0) is 16.0. The minimum atomic E-state index is -0.754. The maximum absolute atomic E-state index is 12.0. The molecule has 7 nitrogen and oxygen atoms in total. The third-order valence-corrected chi connectivity index (χ3v) is 3.22. The summed E-state index contributed by atoms with van der Waals surface area (Å²) in [5, 5.41) is 0. The maximum atomic E-state index is 12.0. The molecule has 1 unspecified atom stereocenters. The summed E-state index contributed by atoms with van der Waals surface area (Å²) in [6.07, 6.45) is 1.24. The lowest BCUT2D eigenvalue weighted by molar-refractivity contribution is -0.124. The molecule has 7 heteroatoms. The smallest absolute Gasteiger partial charge is 0.415 e. The molecule has 0 saturated carbocycles. The van der Waals surface area contributed by atoms with E-state index in [2.05, 4.69) is 0 Å². The molecule has 0 N–H and O–H groups in total. The molecule has 0 radical (unpaired) electrons. The van der Waals surface area contributed by atoms with Gasteiger partial charge in [-0.3, -0.25) is 14.6 Å². The zero-order valence-corrected chi connectivity index (χ0v) is 12.9. The van der Waals surface area contributed by atoms with Gasteiger partial charge in [0.2, 0.25) is 0 Å². The number of rotatable bonds is 5. The van der Waals surface area contributed by atoms with Crippen molar-refractivity contribution in [2.75, 3.05) is 13.2 Å². The Bertz CT molecular complexity index is 407. The summed E-state index contributed by atoms with van der Waals surface area (Å²) in [5.74, 6) is -0.592. The lowest BCUT2D eigenvalue weighted by atomic mass is 10.00. The lowest BCUT2D eigenvalue weighted by Crippen LogP contribution is -2.50. The molecule has 1 rings (SSSR count). The molecule has 0 spiro atoms. The highest BCUT2D eigenvalue weighted by molar-refractivity contribution is 5.83. The van der Waals surface area contributed by atoms with Gasteiger partial charge in [0.1, 0.15) is 11.9 Å². The standard InChI is InChI=1S/C14H22N2O5/c1-5-11(17)10(4)12-15(13(18)20-6-2)8-9-16(12)14(19)21-7-3/h8-10,12H,5-7H2,1-4H3. The molecule has 1 aliphatic rings. The van der Waals surface area contributed by atoms with Crippen LogP contribution in [0.4, 0.5) is 9.59 Å². The van der Waals surface area contributed by atoms with Crippen molar-refractivity contribution >= 4 is 18.0 Å². The van der Waals surface area contributed by atoms with Gasteiger partial charge in [0.25, 0.3) is 0 Å². The maximum Gasteiger partial charge on any atom is 0.415 e. The first-order valence-corrected chi connectivity index (χ1v) is 7.09. The SMILES string of the molecule is CCOC(=O)N1C=CN(C(=O)OCC)C1C(C)C(=O)CC. The molecule has 0 aromatic rings. The predicted molar refractivity (Wildman–Crippen MR) is 75.1 cm³/mol. The Kier molecular flexibility index (Phi) is 6.20. The fraction of sp³-hybridized carbons (Fsp3) is 0.643. The van der Waals surface area contributed by atoms with E-state index in [0.29, 0.717) is 6.42 Å². The first-order chi connectivity index (χ1) is 9.97. The number of carbonyl (C=O) groups is 3. The van der Waals surface area contributed by atoms with Crippen molar-refractivity contribution in [1.82, 2.24) is 9.80 Å². The Morgan fingerprint density at radius 1 is 1.00 bits per heavy atom. The molecular formula is C14H22N2O5. The third-order valence-electron chi connectivity index (χ3n) is 3.22. The van der Waals surface area contributed by atoms with E-state index in [0.717, 1.165) is 0 Å². The summed E-state index contributed by atoms with van der Waals surface area (Å²) >= 11 is 0. The number of amides is 2. The van der Waals surface area contributed by atoms with Crippen LogP contribution >= 0.6 is 0 Å². The largest absolute Gasteiger partial charge is 0.449 e. The second-order valence-corrected chi connectivity index (χ2v) is 4.53. The normalized spacial score (nSPS) is 16.0. The number of hydrogen-bond acceptors (Lipinski definition) is 5. The van der Waals surface area contributed by atoms with Crippen molar-refractivity contribution < 1.29 is 23.9 Å². The summed E-state index contributed by atoms with van der Waals surface area (Å²) in [4.78, 5) is 38.4. The van der Waals surface area contributed by atoms with Crippen LogP contribution in [0, 0.1) is 5.92 Å². The van der Waals surface area contributed by atoms with E-state index in [1.165, 1.54) is 22.2 Å². The van der Waals surface area contributed by atoms with Gasteiger partial charge in [0.05, 0.1) is 19.1 Å². The minimum Gasteiger partial charge on any atom is -0.449 e. The van der Waals surface area contributed by atoms with Gasteiger partial charge in [-0.15, -0.1) is 0 Å². The van der Waals surface area contributed by atoms with Crippen LogP contribution in [-0.4, -0.2) is 47.1 Å². The summed E-state index contributed by atoms with van der Waals surface area (Å²) < 4.78 is 9.91. The van der Waals surface area contributed by atoms with Crippen LogP contribution in [0.5, 0.6) is 0 Å². The Balaban J connectivity index is 3.00. The summed E-state index contributed by atoms with van der Waals surface area (Å²) in [5.41, 5.74) is 0. The topological polar surface area (TPSA) is 76.2 Å². The number of Topliss-reactive ketones (excluding diaryl/α,β-unsaturated/α-hetero) is 1. The first-order valence-electron chi connectivity index (χ1n) is 7.09. The predicted octanol–water partition coefficient (Wildman–Crippen LogP) is 2.33. The molecule has 1 aliphatic heterocycles. The van der Waals surface area contributed by atoms with Crippen LogP contribution in [0.15, 0.2) is 12.4 Å². The van der Waals surface area contributed by atoms with E-state index >= 15 is 0 Å². The number of hydrogen-bond donors (Lipinski definition) is 0. The average Bonchev–Trinajstić information content (AvgIpc) is 2.91. The Morgan fingerprint density at radius 3 is 1.76 bits per heavy atom. The molecule has 1 atom stereocenters. The van der Waals surface area contributed by atoms with Crippen molar-refractivity contribution in [2.45, 2.75) is 40.3 Å². The fourth-order valence-corrected chi connectivity index (χ4v) is 2.16. The highest BCUT2D eigenvalue weighted by atomic mass is 16.6. The van der Waals surface area contributed by atoms with Gasteiger partial charge >= 0.3 is 12.2 Å². The van der Waals surface area contributed by atoms with Crippen molar-refractivity contribution in [2.24, 2.45) is 5.92 Å². The van der Waals surface area contributed by atoms with E-state index < -0.39 is 24.3 Å². The van der Waals surface area contributed by atoms with Gasteiger partial charge in [-0.2, -0.15) is 0 Å². The van der Waals surface area contributed by atoms with Crippen LogP contribution in [0.2, 0.25) is 0 Å². The zero-order valence-electron chi connectivity index (χ0n) is 12.9. The molecule has 21 heavy (non-hydrogen) atoms. The number of ether oxygens (including phenoxy) is 2. The highest BCUT2D eigenvalue weighted by Crippen LogP contribution is 2.26. The van der Waals surface area contributed by atoms with Gasteiger partial charge in [0.15, 0.2) is 0 Å². The highest BCUT2D eigenvalue weighted by Gasteiger charge is 2.41. The molecule has 118 valence electrons. The van der Waals surface area contributed by atoms with Gasteiger partial charge in [-0.05, 0) is 13.8 Å². The van der Waals surface area contributed by atoms with E-state index in [1.54, 1.807) is 27.7 Å². The van der Waals surface area contributed by atoms with Crippen molar-refractivity contribution in [1.29, 1.82) is 0 Å². The summed E-state index contributed by atoms with van der Waals surface area (Å²) in [7, 11) is 0. The van der Waals surface area contributed by atoms with Crippen LogP contribution < -0.4 is 0 Å². The fourth-order valence-electron chi connectivity index (χ4n) is 2.16. The van der Waals surface area contributed by atoms with Crippen LogP contribution in [0.25, 0.3) is 0 Å². The minimum absolute atomic E-state index is 0.0488. The molecule has 0 aliphatic carbocycles. The second-order valence-electron chi connectivity index (χ2n) is 4.53. The van der Waals surface area contributed by atoms with Gasteiger partial charge in [0, 0.05) is 18.8 Å². The van der Waals surface area contributed by atoms with E-state index in [9.17, 15) is 14.4 Å². The lowest BCUT2D eigenvalue weighted by Gasteiger charge is -2.32. The van der Waals surface area contributed by atoms with E-state index in [1.807, 2.05) is 0 Å². The van der Waals surface area contributed by atoms with E-state index in [4.69, 9.17) is 9.47 Å². The van der Waals surface area contributed by atoms with E-state index in [-0.39, 0.29) is 19.0 Å². The molecule has 0 fully saturated rings. The quantitative estimate of drug-likeness (QED) is 0.778. The molecule has 0 aromatic carbocycles. The second kappa shape index (κ2) is 7.66. The Morgan fingerprint density at radius 2 is 1.43 bits per heavy atom. The average molecular weight is 298 g/mol. The van der Waals surface area contributed by atoms with Gasteiger partial charge in [-0.1, -0.05) is 13.8 Å². The van der Waals surface area contributed by atoms with Crippen molar-refractivity contribution in [3.63, 3.8) is 0 Å². The van der Waals surface area contributed by atoms with Crippen LogP contribution in [0.1, 0.15) is 34.1 Å². The van der Waals surface area contributed by atoms with Gasteiger partial charge < -0.3 is 9.47 Å². The summed E-state index contributed by atoms with van der Waals surface area (Å²) in [6, 6.07) is 0. The van der Waals surface area contributed by atoms with Crippen molar-refractivity contribution in [3.05, 3.63) is 12.4 Å². The molecular weight excluding hydrogens is 276 g/mol. The van der Waals surface area contributed by atoms with Crippen molar-refractivity contribution in [3.8, 4) is 0 Å². The monoisotopic (exact) mass is 298 g/mol. The molecule has 2 amide bonds. The van der Waals surface area contributed by atoms with Crippen LogP contribution in [0.3, 0.4) is 0 Å². The molecule has 0 bridgehead atoms. The molecule has 0 aromatic heterocycles. The van der Waals surface area contributed by atoms with Crippen LogP contribution in [-0.2, 0) is 14.3 Å². The molecule has 0 saturated heterocycles. The molecule has 1 heterocycles. The number of carbonyl (C=O) groups excluding carboxylic acids is 3. The Hall–Kier alpha value is -2.05. The number of ketones is 1. The number of nitrogens with zero attached hydrogens (tertiary/aromatic N) is 2.